The number of hydrogen-bond acceptors (Lipinski definition) is 6. The Morgan fingerprint density at radius 3 is 2.26 bits per heavy atom. The number of hydrogen-bond donors (Lipinski definition) is 2. The van der Waals surface area contributed by atoms with Gasteiger partial charge in [0.15, 0.2) is 6.10 Å². The van der Waals surface area contributed by atoms with Crippen LogP contribution in [0.15, 0.2) is 46.9 Å². The number of rotatable bonds is 6. The summed E-state index contributed by atoms with van der Waals surface area (Å²) in [7, 11) is 2.18. The fourth-order valence-corrected chi connectivity index (χ4v) is 8.09. The smallest absolute Gasteiger partial charge is 0.410 e. The predicted molar refractivity (Wildman–Crippen MR) is 180 cm³/mol. The number of ether oxygens (including phenoxy) is 1. The molecule has 4 amide bonds. The molecule has 2 aromatic carbocycles. The number of anilines is 1. The summed E-state index contributed by atoms with van der Waals surface area (Å²) in [5.74, 6) is 1.31. The van der Waals surface area contributed by atoms with Gasteiger partial charge in [-0.05, 0) is 122 Å². The second-order valence-corrected chi connectivity index (χ2v) is 14.3. The fourth-order valence-electron chi connectivity index (χ4n) is 7.66. The van der Waals surface area contributed by atoms with E-state index in [9.17, 15) is 19.5 Å². The Kier molecular flexibility index (Phi) is 10.4. The van der Waals surface area contributed by atoms with Crippen LogP contribution in [0, 0.1) is 11.8 Å². The fraction of sp³-hybridized carbons (Fsp3) is 0.571. The van der Waals surface area contributed by atoms with Crippen molar-refractivity contribution in [2.45, 2.75) is 63.5 Å². The minimum absolute atomic E-state index is 0.0241. The lowest BCUT2D eigenvalue weighted by Gasteiger charge is -2.40. The number of amides is 4. The molecule has 0 unspecified atom stereocenters. The third-order valence-corrected chi connectivity index (χ3v) is 11.2. The average molecular weight is 697 g/mol. The van der Waals surface area contributed by atoms with Crippen LogP contribution < -0.4 is 5.32 Å². The summed E-state index contributed by atoms with van der Waals surface area (Å²) in [5.41, 5.74) is 2.78. The minimum Gasteiger partial charge on any atom is -0.507 e. The highest BCUT2D eigenvalue weighted by molar-refractivity contribution is 9.10. The lowest BCUT2D eigenvalue weighted by Crippen LogP contribution is -2.52. The van der Waals surface area contributed by atoms with Crippen molar-refractivity contribution in [3.63, 3.8) is 0 Å². The second kappa shape index (κ2) is 14.6. The molecule has 0 aliphatic carbocycles. The molecule has 4 aliphatic rings. The number of likely N-dealkylation sites (tertiary alicyclic amines) is 3. The third-order valence-electron chi connectivity index (χ3n) is 10.5. The SMILES string of the molecule is CN1CCC(C2CCN(C(=O)[C@@H](Cc3ccc(O)c(Br)c3)OC(=O)N3CCC(N4CCc5ccccc5NC4=O)CC3)CC2)CC1. The van der Waals surface area contributed by atoms with Crippen LogP contribution in [-0.4, -0.2) is 108 Å². The first-order valence-electron chi connectivity index (χ1n) is 16.8. The number of urea groups is 1. The molecular formula is C35H46BrN5O5. The predicted octanol–water partition coefficient (Wildman–Crippen LogP) is 5.34. The Hall–Kier alpha value is -3.31. The van der Waals surface area contributed by atoms with Gasteiger partial charge in [-0.1, -0.05) is 24.3 Å². The summed E-state index contributed by atoms with van der Waals surface area (Å²) in [6.45, 7) is 5.17. The van der Waals surface area contributed by atoms with Crippen molar-refractivity contribution >= 4 is 39.6 Å². The average Bonchev–Trinajstić information content (AvgIpc) is 3.24. The van der Waals surface area contributed by atoms with Gasteiger partial charge in [0.05, 0.1) is 4.47 Å². The van der Waals surface area contributed by atoms with Gasteiger partial charge < -0.3 is 34.8 Å². The van der Waals surface area contributed by atoms with E-state index in [0.717, 1.165) is 55.1 Å². The molecule has 0 spiro atoms. The van der Waals surface area contributed by atoms with Crippen LogP contribution in [0.3, 0.4) is 0 Å². The molecule has 248 valence electrons. The van der Waals surface area contributed by atoms with Crippen LogP contribution in [0.1, 0.15) is 49.7 Å². The zero-order valence-corrected chi connectivity index (χ0v) is 28.3. The Balaban J connectivity index is 1.07. The minimum atomic E-state index is -0.962. The largest absolute Gasteiger partial charge is 0.507 e. The van der Waals surface area contributed by atoms with E-state index in [1.54, 1.807) is 23.1 Å². The Labute approximate surface area is 280 Å². The number of carbonyl (C=O) groups excluding carboxylic acids is 3. The molecule has 1 atom stereocenters. The van der Waals surface area contributed by atoms with Gasteiger partial charge in [-0.15, -0.1) is 0 Å². The molecular weight excluding hydrogens is 650 g/mol. The van der Waals surface area contributed by atoms with Crippen LogP contribution >= 0.6 is 15.9 Å². The van der Waals surface area contributed by atoms with E-state index in [0.29, 0.717) is 56.0 Å². The number of phenols is 1. The molecule has 10 nitrogen and oxygen atoms in total. The van der Waals surface area contributed by atoms with Crippen LogP contribution in [-0.2, 0) is 22.4 Å². The monoisotopic (exact) mass is 695 g/mol. The summed E-state index contributed by atoms with van der Waals surface area (Å²) in [5, 5.41) is 13.0. The molecule has 2 aromatic rings. The molecule has 3 saturated heterocycles. The highest BCUT2D eigenvalue weighted by Crippen LogP contribution is 2.33. The third kappa shape index (κ3) is 7.62. The molecule has 4 heterocycles. The molecule has 4 aliphatic heterocycles. The lowest BCUT2D eigenvalue weighted by molar-refractivity contribution is -0.142. The molecule has 3 fully saturated rings. The van der Waals surface area contributed by atoms with Crippen molar-refractivity contribution in [2.24, 2.45) is 11.8 Å². The van der Waals surface area contributed by atoms with Crippen LogP contribution in [0.2, 0.25) is 0 Å². The van der Waals surface area contributed by atoms with Gasteiger partial charge in [0.25, 0.3) is 5.91 Å². The maximum absolute atomic E-state index is 13.9. The van der Waals surface area contributed by atoms with E-state index < -0.39 is 12.2 Å². The van der Waals surface area contributed by atoms with Crippen molar-refractivity contribution in [1.29, 1.82) is 0 Å². The first-order chi connectivity index (χ1) is 22.2. The maximum atomic E-state index is 13.9. The molecule has 0 radical (unpaired) electrons. The molecule has 11 heteroatoms. The molecule has 0 bridgehead atoms. The van der Waals surface area contributed by atoms with Gasteiger partial charge >= 0.3 is 12.1 Å². The van der Waals surface area contributed by atoms with E-state index in [4.69, 9.17) is 4.74 Å². The summed E-state index contributed by atoms with van der Waals surface area (Å²) in [6.07, 6.45) is 5.24. The first kappa shape index (κ1) is 32.6. The highest BCUT2D eigenvalue weighted by atomic mass is 79.9. The molecule has 2 N–H and O–H groups in total. The van der Waals surface area contributed by atoms with Crippen LogP contribution in [0.5, 0.6) is 5.75 Å². The Morgan fingerprint density at radius 2 is 1.57 bits per heavy atom. The van der Waals surface area contributed by atoms with Gasteiger partial charge in [0.1, 0.15) is 5.75 Å². The van der Waals surface area contributed by atoms with Gasteiger partial charge in [0, 0.05) is 50.9 Å². The second-order valence-electron chi connectivity index (χ2n) is 13.4. The standard InChI is InChI=1S/C35H46BrN5O5/c1-38-15-8-25(9-16-38)26-10-17-39(18-11-26)33(43)32(23-24-6-7-31(42)29(36)22-24)46-35(45)40-19-13-28(14-20-40)41-21-12-27-4-2-3-5-30(27)37-34(41)44/h2-7,22,25-26,28,32,42H,8-21,23H2,1H3,(H,37,44)/t32-/m1/s1. The Morgan fingerprint density at radius 1 is 0.913 bits per heavy atom. The molecule has 0 saturated carbocycles. The number of para-hydroxylation sites is 1. The molecule has 0 aromatic heterocycles. The number of nitrogens with one attached hydrogen (secondary N) is 1. The first-order valence-corrected chi connectivity index (χ1v) is 17.6. The quantitative estimate of drug-likeness (QED) is 0.423. The van der Waals surface area contributed by atoms with Crippen LogP contribution in [0.25, 0.3) is 0 Å². The Bertz CT molecular complexity index is 1400. The summed E-state index contributed by atoms with van der Waals surface area (Å²) >= 11 is 3.37. The van der Waals surface area contributed by atoms with Crippen molar-refractivity contribution in [2.75, 3.05) is 58.2 Å². The number of piperidine rings is 3. The number of phenolic OH excluding ortho intramolecular Hbond substituents is 1. The zero-order valence-electron chi connectivity index (χ0n) is 26.7. The normalized spacial score (nSPS) is 21.3. The van der Waals surface area contributed by atoms with Crippen molar-refractivity contribution < 1.29 is 24.2 Å². The van der Waals surface area contributed by atoms with E-state index >= 15 is 0 Å². The maximum Gasteiger partial charge on any atom is 0.410 e. The van der Waals surface area contributed by atoms with Gasteiger partial charge in [-0.2, -0.15) is 0 Å². The van der Waals surface area contributed by atoms with E-state index in [1.165, 1.54) is 12.8 Å². The number of nitrogens with zero attached hydrogens (tertiary/aromatic N) is 4. The number of halogens is 1. The number of fused-ring (bicyclic) bond motifs is 1. The van der Waals surface area contributed by atoms with E-state index in [2.05, 4.69) is 33.2 Å². The summed E-state index contributed by atoms with van der Waals surface area (Å²) in [6, 6.07) is 12.9. The van der Waals surface area contributed by atoms with Gasteiger partial charge in [-0.3, -0.25) is 4.79 Å². The van der Waals surface area contributed by atoms with Crippen molar-refractivity contribution in [3.05, 3.63) is 58.1 Å². The van der Waals surface area contributed by atoms with Crippen molar-refractivity contribution in [3.8, 4) is 5.75 Å². The number of aromatic hydroxyl groups is 1. The zero-order chi connectivity index (χ0) is 32.2. The lowest BCUT2D eigenvalue weighted by atomic mass is 9.79. The van der Waals surface area contributed by atoms with Gasteiger partial charge in [-0.25, -0.2) is 9.59 Å². The molecule has 6 rings (SSSR count). The van der Waals surface area contributed by atoms with E-state index in [1.807, 2.05) is 34.1 Å². The molecule has 46 heavy (non-hydrogen) atoms. The van der Waals surface area contributed by atoms with E-state index in [-0.39, 0.29) is 30.2 Å². The summed E-state index contributed by atoms with van der Waals surface area (Å²) in [4.78, 5) is 48.3. The number of benzene rings is 2. The highest BCUT2D eigenvalue weighted by Gasteiger charge is 2.37. The van der Waals surface area contributed by atoms with Gasteiger partial charge in [0.2, 0.25) is 0 Å². The van der Waals surface area contributed by atoms with Crippen molar-refractivity contribution in [1.82, 2.24) is 19.6 Å². The summed E-state index contributed by atoms with van der Waals surface area (Å²) < 4.78 is 6.55. The topological polar surface area (TPSA) is 106 Å². The number of carbonyl (C=O) groups is 3. The van der Waals surface area contributed by atoms with Crippen LogP contribution in [0.4, 0.5) is 15.3 Å².